The number of ether oxygens (including phenoxy) is 1. The summed E-state index contributed by atoms with van der Waals surface area (Å²) in [4.78, 5) is 31.9. The van der Waals surface area contributed by atoms with Crippen molar-refractivity contribution in [3.8, 4) is 0 Å². The third kappa shape index (κ3) is 2.46. The van der Waals surface area contributed by atoms with Gasteiger partial charge in [-0.3, -0.25) is 0 Å². The average Bonchev–Trinajstić information content (AvgIpc) is 2.28. The van der Waals surface area contributed by atoms with Gasteiger partial charge in [-0.25, -0.2) is 0 Å². The lowest BCUT2D eigenvalue weighted by Crippen LogP contribution is -2.43. The Morgan fingerprint density at radius 2 is 1.93 bits per heavy atom. The number of aldehydes is 3. The summed E-state index contributed by atoms with van der Waals surface area (Å²) in [5.74, 6) is 0. The van der Waals surface area contributed by atoms with Gasteiger partial charge in [0.25, 0.3) is 0 Å². The molecular formula is C9H13NO4. The first kappa shape index (κ1) is 11.0. The zero-order chi connectivity index (χ0) is 10.4. The van der Waals surface area contributed by atoms with Gasteiger partial charge in [0.1, 0.15) is 24.3 Å². The average molecular weight is 199 g/mol. The van der Waals surface area contributed by atoms with Gasteiger partial charge in [0.2, 0.25) is 0 Å². The van der Waals surface area contributed by atoms with E-state index in [-0.39, 0.29) is 12.5 Å². The molecule has 0 unspecified atom stereocenters. The van der Waals surface area contributed by atoms with Crippen LogP contribution in [-0.2, 0) is 19.1 Å². The van der Waals surface area contributed by atoms with Crippen LogP contribution in [0, 0.1) is 5.41 Å². The van der Waals surface area contributed by atoms with Crippen LogP contribution in [0.2, 0.25) is 0 Å². The molecule has 1 aliphatic heterocycles. The van der Waals surface area contributed by atoms with E-state index in [2.05, 4.69) is 5.32 Å². The summed E-state index contributed by atoms with van der Waals surface area (Å²) in [5, 5.41) is 3.06. The van der Waals surface area contributed by atoms with Crippen molar-refractivity contribution >= 4 is 18.9 Å². The molecule has 14 heavy (non-hydrogen) atoms. The van der Waals surface area contributed by atoms with Crippen molar-refractivity contribution in [3.63, 3.8) is 0 Å². The van der Waals surface area contributed by atoms with Gasteiger partial charge in [0.15, 0.2) is 0 Å². The van der Waals surface area contributed by atoms with Crippen LogP contribution in [0.3, 0.4) is 0 Å². The Morgan fingerprint density at radius 1 is 1.29 bits per heavy atom. The molecule has 5 heteroatoms. The van der Waals surface area contributed by atoms with Gasteiger partial charge >= 0.3 is 0 Å². The molecule has 1 heterocycles. The summed E-state index contributed by atoms with van der Waals surface area (Å²) in [5.41, 5.74) is -1.52. The third-order valence-electron chi connectivity index (χ3n) is 2.24. The summed E-state index contributed by atoms with van der Waals surface area (Å²) < 4.78 is 5.30. The van der Waals surface area contributed by atoms with Crippen LogP contribution in [0.5, 0.6) is 0 Å². The Morgan fingerprint density at radius 3 is 2.36 bits per heavy atom. The molecule has 0 amide bonds. The molecule has 1 rings (SSSR count). The highest BCUT2D eigenvalue weighted by Crippen LogP contribution is 2.18. The highest BCUT2D eigenvalue weighted by atomic mass is 16.5. The molecule has 1 atom stereocenters. The van der Waals surface area contributed by atoms with Crippen molar-refractivity contribution in [2.45, 2.75) is 12.5 Å². The first-order valence-electron chi connectivity index (χ1n) is 4.47. The van der Waals surface area contributed by atoms with E-state index in [0.29, 0.717) is 32.0 Å². The Bertz CT molecular complexity index is 201. The van der Waals surface area contributed by atoms with Crippen LogP contribution in [0.4, 0.5) is 0 Å². The quantitative estimate of drug-likeness (QED) is 0.451. The Kier molecular flexibility index (Phi) is 3.91. The Labute approximate surface area is 81.8 Å². The minimum Gasteiger partial charge on any atom is -0.376 e. The summed E-state index contributed by atoms with van der Waals surface area (Å²) >= 11 is 0. The number of carbonyl (C=O) groups excluding carboxylic acids is 3. The highest BCUT2D eigenvalue weighted by molar-refractivity contribution is 6.01. The van der Waals surface area contributed by atoms with Crippen molar-refractivity contribution in [1.82, 2.24) is 5.32 Å². The second-order valence-electron chi connectivity index (χ2n) is 3.37. The fourth-order valence-corrected chi connectivity index (χ4v) is 1.37. The second-order valence-corrected chi connectivity index (χ2v) is 3.37. The number of morpholine rings is 1. The first-order valence-corrected chi connectivity index (χ1v) is 4.47. The maximum Gasteiger partial charge on any atom is 0.140 e. The maximum atomic E-state index is 10.6. The molecule has 0 aliphatic carbocycles. The molecular weight excluding hydrogens is 186 g/mol. The molecule has 1 saturated heterocycles. The van der Waals surface area contributed by atoms with Crippen molar-refractivity contribution in [2.75, 3.05) is 19.7 Å². The van der Waals surface area contributed by atoms with Crippen molar-refractivity contribution in [2.24, 2.45) is 5.41 Å². The van der Waals surface area contributed by atoms with Crippen molar-refractivity contribution in [3.05, 3.63) is 0 Å². The zero-order valence-corrected chi connectivity index (χ0v) is 7.77. The van der Waals surface area contributed by atoms with Gasteiger partial charge in [-0.05, 0) is 0 Å². The molecule has 0 aromatic carbocycles. The fraction of sp³-hybridized carbons (Fsp3) is 0.667. The van der Waals surface area contributed by atoms with E-state index in [4.69, 9.17) is 4.74 Å². The fourth-order valence-electron chi connectivity index (χ4n) is 1.37. The largest absolute Gasteiger partial charge is 0.376 e. The predicted octanol–water partition coefficient (Wildman–Crippen LogP) is -1.05. The molecule has 1 fully saturated rings. The number of rotatable bonds is 5. The molecule has 0 saturated carbocycles. The van der Waals surface area contributed by atoms with Crippen LogP contribution in [-0.4, -0.2) is 44.7 Å². The van der Waals surface area contributed by atoms with E-state index < -0.39 is 5.41 Å². The standard InChI is InChI=1S/C9H13NO4/c11-5-9(6-12,7-13)3-8-4-10-1-2-14-8/h5-8,10H,1-4H2/t8-/m1/s1. The van der Waals surface area contributed by atoms with E-state index in [9.17, 15) is 14.4 Å². The van der Waals surface area contributed by atoms with Gasteiger partial charge < -0.3 is 24.4 Å². The zero-order valence-electron chi connectivity index (χ0n) is 7.77. The van der Waals surface area contributed by atoms with Gasteiger partial charge in [-0.15, -0.1) is 0 Å². The SMILES string of the molecule is O=CC(C=O)(C=O)C[C@@H]1CNCCO1. The normalized spacial score (nSPS) is 22.7. The third-order valence-corrected chi connectivity index (χ3v) is 2.24. The highest BCUT2D eigenvalue weighted by Gasteiger charge is 2.33. The van der Waals surface area contributed by atoms with Gasteiger partial charge in [0, 0.05) is 19.5 Å². The van der Waals surface area contributed by atoms with Crippen LogP contribution >= 0.6 is 0 Å². The van der Waals surface area contributed by atoms with E-state index in [1.54, 1.807) is 0 Å². The van der Waals surface area contributed by atoms with E-state index in [0.717, 1.165) is 6.54 Å². The van der Waals surface area contributed by atoms with Crippen LogP contribution in [0.1, 0.15) is 6.42 Å². The summed E-state index contributed by atoms with van der Waals surface area (Å²) in [6.07, 6.45) is 1.02. The van der Waals surface area contributed by atoms with Crippen LogP contribution in [0.25, 0.3) is 0 Å². The molecule has 0 aromatic rings. The minimum absolute atomic E-state index is 0.122. The summed E-state index contributed by atoms with van der Waals surface area (Å²) in [7, 11) is 0. The second kappa shape index (κ2) is 4.97. The molecule has 0 radical (unpaired) electrons. The maximum absolute atomic E-state index is 10.6. The van der Waals surface area contributed by atoms with Gasteiger partial charge in [-0.1, -0.05) is 0 Å². The Hall–Kier alpha value is -1.07. The summed E-state index contributed by atoms with van der Waals surface area (Å²) in [6, 6.07) is 0. The molecule has 1 N–H and O–H groups in total. The molecule has 5 nitrogen and oxygen atoms in total. The monoisotopic (exact) mass is 199 g/mol. The minimum atomic E-state index is -1.52. The topological polar surface area (TPSA) is 72.5 Å². The molecule has 0 spiro atoms. The number of nitrogens with one attached hydrogen (secondary N) is 1. The first-order chi connectivity index (χ1) is 6.76. The molecule has 0 bridgehead atoms. The van der Waals surface area contributed by atoms with E-state index in [1.165, 1.54) is 0 Å². The summed E-state index contributed by atoms with van der Waals surface area (Å²) in [6.45, 7) is 1.86. The molecule has 78 valence electrons. The number of hydrogen-bond acceptors (Lipinski definition) is 5. The van der Waals surface area contributed by atoms with Crippen molar-refractivity contribution in [1.29, 1.82) is 0 Å². The molecule has 0 aromatic heterocycles. The lowest BCUT2D eigenvalue weighted by atomic mass is 9.87. The van der Waals surface area contributed by atoms with Gasteiger partial charge in [-0.2, -0.15) is 0 Å². The van der Waals surface area contributed by atoms with Crippen LogP contribution < -0.4 is 5.32 Å². The molecule has 1 aliphatic rings. The lowest BCUT2D eigenvalue weighted by molar-refractivity contribution is -0.136. The smallest absolute Gasteiger partial charge is 0.140 e. The van der Waals surface area contributed by atoms with Crippen LogP contribution in [0.15, 0.2) is 0 Å². The number of carbonyl (C=O) groups is 3. The lowest BCUT2D eigenvalue weighted by Gasteiger charge is -2.27. The Balaban J connectivity index is 2.57. The predicted molar refractivity (Wildman–Crippen MR) is 47.9 cm³/mol. The van der Waals surface area contributed by atoms with E-state index >= 15 is 0 Å². The van der Waals surface area contributed by atoms with E-state index in [1.807, 2.05) is 0 Å². The van der Waals surface area contributed by atoms with Gasteiger partial charge in [0.05, 0.1) is 12.7 Å². The van der Waals surface area contributed by atoms with Crippen molar-refractivity contribution < 1.29 is 19.1 Å². The number of hydrogen-bond donors (Lipinski definition) is 1.